The molecule has 0 bridgehead atoms. The van der Waals surface area contributed by atoms with Crippen LogP contribution < -0.4 is 5.32 Å². The Morgan fingerprint density at radius 2 is 1.79 bits per heavy atom. The fourth-order valence-electron chi connectivity index (χ4n) is 3.15. The van der Waals surface area contributed by atoms with E-state index in [4.69, 9.17) is 0 Å². The molecular weight excluding hydrogens is 240 g/mol. The Balaban J connectivity index is 1.87. The van der Waals surface area contributed by atoms with Crippen LogP contribution in [0.15, 0.2) is 24.3 Å². The Labute approximate surface area is 112 Å². The first-order valence-corrected chi connectivity index (χ1v) is 6.80. The van der Waals surface area contributed by atoms with Gasteiger partial charge in [0, 0.05) is 6.54 Å². The lowest BCUT2D eigenvalue weighted by molar-refractivity contribution is -0.126. The summed E-state index contributed by atoms with van der Waals surface area (Å²) in [4.78, 5) is 25.8. The standard InChI is InChI=1S/C15H18N2O2/c1-11-4-6-12(7-5-11)10-17-14(19)16-13(18)15(17)8-2-3-9-15/h4-7H,2-3,8-10H2,1H3,(H,16,18,19). The van der Waals surface area contributed by atoms with Gasteiger partial charge in [-0.1, -0.05) is 42.7 Å². The molecule has 4 nitrogen and oxygen atoms in total. The van der Waals surface area contributed by atoms with Gasteiger partial charge in [-0.25, -0.2) is 4.79 Å². The van der Waals surface area contributed by atoms with Gasteiger partial charge < -0.3 is 4.90 Å². The van der Waals surface area contributed by atoms with E-state index in [0.29, 0.717) is 6.54 Å². The summed E-state index contributed by atoms with van der Waals surface area (Å²) < 4.78 is 0. The van der Waals surface area contributed by atoms with Gasteiger partial charge in [-0.2, -0.15) is 0 Å². The van der Waals surface area contributed by atoms with Crippen LogP contribution in [0.25, 0.3) is 0 Å². The van der Waals surface area contributed by atoms with Crippen LogP contribution in [0.3, 0.4) is 0 Å². The molecule has 4 heteroatoms. The summed E-state index contributed by atoms with van der Waals surface area (Å²) in [6.45, 7) is 2.55. The lowest BCUT2D eigenvalue weighted by Crippen LogP contribution is -2.46. The molecule has 0 radical (unpaired) electrons. The molecule has 100 valence electrons. The minimum absolute atomic E-state index is 0.109. The minimum Gasteiger partial charge on any atom is -0.305 e. The van der Waals surface area contributed by atoms with Crippen LogP contribution in [0.1, 0.15) is 36.8 Å². The van der Waals surface area contributed by atoms with E-state index < -0.39 is 5.54 Å². The fourth-order valence-corrected chi connectivity index (χ4v) is 3.15. The van der Waals surface area contributed by atoms with Gasteiger partial charge in [0.1, 0.15) is 5.54 Å². The monoisotopic (exact) mass is 258 g/mol. The molecule has 2 aliphatic rings. The molecule has 1 spiro atoms. The molecule has 1 saturated carbocycles. The molecule has 1 saturated heterocycles. The maximum absolute atomic E-state index is 12.1. The summed E-state index contributed by atoms with van der Waals surface area (Å²) in [5.41, 5.74) is 1.69. The highest BCUT2D eigenvalue weighted by atomic mass is 16.2. The van der Waals surface area contributed by atoms with E-state index >= 15 is 0 Å². The van der Waals surface area contributed by atoms with E-state index in [1.165, 1.54) is 5.56 Å². The van der Waals surface area contributed by atoms with Gasteiger partial charge in [0.05, 0.1) is 0 Å². The number of rotatable bonds is 2. The van der Waals surface area contributed by atoms with Gasteiger partial charge >= 0.3 is 6.03 Å². The second-order valence-electron chi connectivity index (χ2n) is 5.57. The molecule has 1 aliphatic heterocycles. The average Bonchev–Trinajstić information content (AvgIpc) is 2.95. The van der Waals surface area contributed by atoms with Crippen molar-refractivity contribution in [1.82, 2.24) is 10.2 Å². The second-order valence-corrected chi connectivity index (χ2v) is 5.57. The highest BCUT2D eigenvalue weighted by Gasteiger charge is 2.53. The Bertz CT molecular complexity index is 515. The maximum Gasteiger partial charge on any atom is 0.325 e. The van der Waals surface area contributed by atoms with Crippen molar-refractivity contribution in [3.63, 3.8) is 0 Å². The molecule has 1 aliphatic carbocycles. The summed E-state index contributed by atoms with van der Waals surface area (Å²) in [6.07, 6.45) is 3.61. The van der Waals surface area contributed by atoms with Crippen LogP contribution in [0.4, 0.5) is 4.79 Å². The quantitative estimate of drug-likeness (QED) is 0.828. The third kappa shape index (κ3) is 1.91. The van der Waals surface area contributed by atoms with Gasteiger partial charge in [0.2, 0.25) is 0 Å². The normalized spacial score (nSPS) is 21.2. The van der Waals surface area contributed by atoms with Crippen LogP contribution in [0.2, 0.25) is 0 Å². The van der Waals surface area contributed by atoms with Gasteiger partial charge in [0.15, 0.2) is 0 Å². The van der Waals surface area contributed by atoms with E-state index in [1.54, 1.807) is 4.90 Å². The molecule has 0 atom stereocenters. The molecule has 0 aromatic heterocycles. The van der Waals surface area contributed by atoms with Crippen LogP contribution in [-0.4, -0.2) is 22.4 Å². The van der Waals surface area contributed by atoms with Crippen molar-refractivity contribution in [2.75, 3.05) is 0 Å². The number of aryl methyl sites for hydroxylation is 1. The van der Waals surface area contributed by atoms with Crippen molar-refractivity contribution in [3.05, 3.63) is 35.4 Å². The minimum atomic E-state index is -0.581. The predicted molar refractivity (Wildman–Crippen MR) is 71.5 cm³/mol. The zero-order chi connectivity index (χ0) is 13.5. The SMILES string of the molecule is Cc1ccc(CN2C(=O)NC(=O)C23CCCC3)cc1. The number of hydrogen-bond acceptors (Lipinski definition) is 2. The van der Waals surface area contributed by atoms with E-state index in [2.05, 4.69) is 5.32 Å². The maximum atomic E-state index is 12.1. The molecule has 1 aromatic carbocycles. The number of nitrogens with one attached hydrogen (secondary N) is 1. The first-order valence-electron chi connectivity index (χ1n) is 6.80. The van der Waals surface area contributed by atoms with Crippen molar-refractivity contribution >= 4 is 11.9 Å². The van der Waals surface area contributed by atoms with Gasteiger partial charge in [-0.3, -0.25) is 10.1 Å². The van der Waals surface area contributed by atoms with Gasteiger partial charge in [-0.05, 0) is 25.3 Å². The lowest BCUT2D eigenvalue weighted by atomic mass is 9.95. The van der Waals surface area contributed by atoms with Crippen molar-refractivity contribution < 1.29 is 9.59 Å². The number of carbonyl (C=O) groups excluding carboxylic acids is 2. The second kappa shape index (κ2) is 4.37. The topological polar surface area (TPSA) is 49.4 Å². The Morgan fingerprint density at radius 3 is 2.42 bits per heavy atom. The highest BCUT2D eigenvalue weighted by molar-refractivity contribution is 6.07. The number of carbonyl (C=O) groups is 2. The van der Waals surface area contributed by atoms with Crippen molar-refractivity contribution in [1.29, 1.82) is 0 Å². The summed E-state index contributed by atoms with van der Waals surface area (Å²) in [6, 6.07) is 7.87. The average molecular weight is 258 g/mol. The van der Waals surface area contributed by atoms with Crippen LogP contribution in [0.5, 0.6) is 0 Å². The molecule has 1 heterocycles. The molecule has 2 fully saturated rings. The number of imide groups is 1. The first kappa shape index (κ1) is 12.2. The number of amides is 3. The molecule has 1 N–H and O–H groups in total. The summed E-state index contributed by atoms with van der Waals surface area (Å²) in [5, 5.41) is 2.48. The number of urea groups is 1. The molecule has 3 amide bonds. The van der Waals surface area contributed by atoms with Gasteiger partial charge in [0.25, 0.3) is 5.91 Å². The third-order valence-electron chi connectivity index (χ3n) is 4.30. The highest BCUT2D eigenvalue weighted by Crippen LogP contribution is 2.39. The zero-order valence-electron chi connectivity index (χ0n) is 11.1. The molecular formula is C15H18N2O2. The van der Waals surface area contributed by atoms with Crippen LogP contribution in [0, 0.1) is 6.92 Å². The molecule has 3 rings (SSSR count). The van der Waals surface area contributed by atoms with E-state index in [-0.39, 0.29) is 11.9 Å². The van der Waals surface area contributed by atoms with Crippen LogP contribution in [-0.2, 0) is 11.3 Å². The Kier molecular flexibility index (Phi) is 2.81. The fraction of sp³-hybridized carbons (Fsp3) is 0.467. The van der Waals surface area contributed by atoms with Crippen molar-refractivity contribution in [2.24, 2.45) is 0 Å². The Morgan fingerprint density at radius 1 is 1.16 bits per heavy atom. The molecule has 1 aromatic rings. The van der Waals surface area contributed by atoms with Gasteiger partial charge in [-0.15, -0.1) is 0 Å². The summed E-state index contributed by atoms with van der Waals surface area (Å²) in [5.74, 6) is -0.109. The molecule has 19 heavy (non-hydrogen) atoms. The molecule has 0 unspecified atom stereocenters. The number of hydrogen-bond donors (Lipinski definition) is 1. The van der Waals surface area contributed by atoms with Crippen molar-refractivity contribution in [3.8, 4) is 0 Å². The smallest absolute Gasteiger partial charge is 0.305 e. The number of nitrogens with zero attached hydrogens (tertiary/aromatic N) is 1. The van der Waals surface area contributed by atoms with Crippen LogP contribution >= 0.6 is 0 Å². The van der Waals surface area contributed by atoms with Crippen molar-refractivity contribution in [2.45, 2.75) is 44.7 Å². The largest absolute Gasteiger partial charge is 0.325 e. The summed E-state index contributed by atoms with van der Waals surface area (Å²) >= 11 is 0. The summed E-state index contributed by atoms with van der Waals surface area (Å²) in [7, 11) is 0. The predicted octanol–water partition coefficient (Wildman–Crippen LogP) is 2.36. The van der Waals surface area contributed by atoms with E-state index in [0.717, 1.165) is 31.2 Å². The first-order chi connectivity index (χ1) is 9.12. The third-order valence-corrected chi connectivity index (χ3v) is 4.30. The van der Waals surface area contributed by atoms with E-state index in [9.17, 15) is 9.59 Å². The number of benzene rings is 1. The lowest BCUT2D eigenvalue weighted by Gasteiger charge is -2.31. The Hall–Kier alpha value is -1.84. The van der Waals surface area contributed by atoms with E-state index in [1.807, 2.05) is 31.2 Å². The zero-order valence-corrected chi connectivity index (χ0v) is 11.1.